The van der Waals surface area contributed by atoms with Crippen molar-refractivity contribution < 1.29 is 28.5 Å². The van der Waals surface area contributed by atoms with Crippen LogP contribution in [0.3, 0.4) is 0 Å². The summed E-state index contributed by atoms with van der Waals surface area (Å²) in [5.41, 5.74) is 0.764. The second kappa shape index (κ2) is 12.1. The van der Waals surface area contributed by atoms with Crippen LogP contribution in [-0.4, -0.2) is 38.2 Å². The van der Waals surface area contributed by atoms with E-state index in [1.165, 1.54) is 7.11 Å². The van der Waals surface area contributed by atoms with Crippen LogP contribution in [0.2, 0.25) is 0 Å². The molecule has 0 aliphatic heterocycles. The molecule has 0 aliphatic rings. The number of hydrogen-bond donors (Lipinski definition) is 0. The molecule has 0 aliphatic carbocycles. The largest absolute Gasteiger partial charge is 0.433 e. The Kier molecular flexibility index (Phi) is 12.5. The van der Waals surface area contributed by atoms with Crippen molar-refractivity contribution in [1.82, 2.24) is 0 Å². The minimum Gasteiger partial charge on any atom is -0.433 e. The molecule has 0 radical (unpaired) electrons. The summed E-state index contributed by atoms with van der Waals surface area (Å²) in [6.45, 7) is 15.7. The normalized spacial score (nSPS) is 12.3. The fourth-order valence-electron chi connectivity index (χ4n) is 0.819. The Hall–Kier alpha value is -1.66. The molecule has 2 atom stereocenters. The molecular weight excluding hydrogens is 276 g/mol. The number of carbonyl (C=O) groups is 2. The van der Waals surface area contributed by atoms with Gasteiger partial charge in [-0.1, -0.05) is 13.2 Å². The molecule has 0 rings (SSSR count). The molecule has 0 heterocycles. The van der Waals surface area contributed by atoms with E-state index in [0.717, 1.165) is 0 Å². The molecule has 0 bridgehead atoms. The number of methoxy groups -OCH3 is 1. The fraction of sp³-hybridized carbons (Fsp3) is 0.600. The lowest BCUT2D eigenvalue weighted by molar-refractivity contribution is -0.169. The Morgan fingerprint density at radius 3 is 1.62 bits per heavy atom. The summed E-state index contributed by atoms with van der Waals surface area (Å²) in [5.74, 6) is -0.833. The molecular formula is C15H26O6. The van der Waals surface area contributed by atoms with Gasteiger partial charge in [0.1, 0.15) is 0 Å². The number of rotatable bonds is 7. The topological polar surface area (TPSA) is 71.1 Å². The lowest BCUT2D eigenvalue weighted by Gasteiger charge is -2.11. The van der Waals surface area contributed by atoms with E-state index in [-0.39, 0.29) is 0 Å². The lowest BCUT2D eigenvalue weighted by atomic mass is 10.4. The Labute approximate surface area is 126 Å². The predicted molar refractivity (Wildman–Crippen MR) is 79.4 cm³/mol. The third-order valence-electron chi connectivity index (χ3n) is 1.98. The Balaban J connectivity index is 0. The van der Waals surface area contributed by atoms with Gasteiger partial charge in [-0.05, 0) is 34.6 Å². The lowest BCUT2D eigenvalue weighted by Crippen LogP contribution is -2.18. The molecule has 0 N–H and O–H groups in total. The van der Waals surface area contributed by atoms with Gasteiger partial charge < -0.3 is 18.9 Å². The van der Waals surface area contributed by atoms with E-state index in [0.29, 0.717) is 17.8 Å². The third kappa shape index (κ3) is 13.1. The van der Waals surface area contributed by atoms with Crippen LogP contribution in [0.4, 0.5) is 0 Å². The minimum absolute atomic E-state index is 0.379. The van der Waals surface area contributed by atoms with Crippen molar-refractivity contribution in [2.24, 2.45) is 0 Å². The van der Waals surface area contributed by atoms with Crippen molar-refractivity contribution in [2.45, 2.75) is 47.2 Å². The zero-order chi connectivity index (χ0) is 17.0. The van der Waals surface area contributed by atoms with E-state index >= 15 is 0 Å². The highest BCUT2D eigenvalue weighted by Crippen LogP contribution is 1.99. The second-order valence-corrected chi connectivity index (χ2v) is 4.20. The molecule has 6 nitrogen and oxygen atoms in total. The Bertz CT molecular complexity index is 361. The molecule has 0 amide bonds. The summed E-state index contributed by atoms with van der Waals surface area (Å²) < 4.78 is 19.2. The average Bonchev–Trinajstić information content (AvgIpc) is 2.39. The summed E-state index contributed by atoms with van der Waals surface area (Å²) in [4.78, 5) is 21.5. The molecule has 0 spiro atoms. The summed E-state index contributed by atoms with van der Waals surface area (Å²) in [5, 5.41) is 0. The standard InChI is InChI=1S/C8H14O3.C7H12O3/c1-5-10-7(4)11-8(9)6(2)3;1-5(2)7(8)10-6(3)9-4/h7H,2,5H2,1,3-4H3;6H,1H2,2-4H3. The monoisotopic (exact) mass is 302 g/mol. The predicted octanol–water partition coefficient (Wildman–Crippen LogP) is 2.59. The van der Waals surface area contributed by atoms with E-state index < -0.39 is 24.5 Å². The maximum Gasteiger partial charge on any atom is 0.335 e. The maximum atomic E-state index is 10.8. The number of hydrogen-bond acceptors (Lipinski definition) is 6. The van der Waals surface area contributed by atoms with Gasteiger partial charge in [-0.3, -0.25) is 0 Å². The van der Waals surface area contributed by atoms with Gasteiger partial charge in [0.2, 0.25) is 0 Å². The van der Waals surface area contributed by atoms with Crippen molar-refractivity contribution in [2.75, 3.05) is 13.7 Å². The maximum absolute atomic E-state index is 10.8. The van der Waals surface area contributed by atoms with Gasteiger partial charge in [0.15, 0.2) is 12.6 Å². The molecule has 0 aromatic heterocycles. The van der Waals surface area contributed by atoms with Gasteiger partial charge in [-0.2, -0.15) is 0 Å². The van der Waals surface area contributed by atoms with Crippen LogP contribution >= 0.6 is 0 Å². The highest BCUT2D eigenvalue weighted by Gasteiger charge is 2.08. The van der Waals surface area contributed by atoms with Gasteiger partial charge in [-0.15, -0.1) is 0 Å². The molecule has 0 aromatic carbocycles. The first-order valence-electron chi connectivity index (χ1n) is 6.53. The van der Waals surface area contributed by atoms with Crippen molar-refractivity contribution in [3.05, 3.63) is 24.3 Å². The minimum atomic E-state index is -0.496. The second-order valence-electron chi connectivity index (χ2n) is 4.20. The van der Waals surface area contributed by atoms with Crippen LogP contribution in [0.5, 0.6) is 0 Å². The van der Waals surface area contributed by atoms with E-state index in [1.807, 2.05) is 6.92 Å². The van der Waals surface area contributed by atoms with Crippen LogP contribution in [0.15, 0.2) is 24.3 Å². The van der Waals surface area contributed by atoms with Crippen molar-refractivity contribution >= 4 is 11.9 Å². The number of ether oxygens (including phenoxy) is 4. The summed E-state index contributed by atoms with van der Waals surface area (Å²) in [7, 11) is 1.47. The molecule has 2 unspecified atom stereocenters. The van der Waals surface area contributed by atoms with Crippen LogP contribution in [0.1, 0.15) is 34.6 Å². The molecule has 0 aromatic rings. The van der Waals surface area contributed by atoms with Crippen LogP contribution in [-0.2, 0) is 28.5 Å². The number of esters is 2. The quantitative estimate of drug-likeness (QED) is 0.409. The van der Waals surface area contributed by atoms with Gasteiger partial charge in [0.05, 0.1) is 0 Å². The molecule has 0 fully saturated rings. The smallest absolute Gasteiger partial charge is 0.335 e. The first kappa shape index (κ1) is 21.6. The van der Waals surface area contributed by atoms with E-state index in [4.69, 9.17) is 14.2 Å². The number of carbonyl (C=O) groups excluding carboxylic acids is 2. The Morgan fingerprint density at radius 1 is 0.952 bits per heavy atom. The van der Waals surface area contributed by atoms with E-state index in [9.17, 15) is 9.59 Å². The molecule has 0 saturated carbocycles. The van der Waals surface area contributed by atoms with Crippen LogP contribution < -0.4 is 0 Å². The van der Waals surface area contributed by atoms with Crippen molar-refractivity contribution in [1.29, 1.82) is 0 Å². The average molecular weight is 302 g/mol. The van der Waals surface area contributed by atoms with Gasteiger partial charge in [0.25, 0.3) is 0 Å². The van der Waals surface area contributed by atoms with Crippen LogP contribution in [0.25, 0.3) is 0 Å². The first-order chi connectivity index (χ1) is 9.65. The molecule has 6 heteroatoms. The fourth-order valence-corrected chi connectivity index (χ4v) is 0.819. The summed E-state index contributed by atoms with van der Waals surface area (Å²) in [6.07, 6.45) is -0.978. The summed E-state index contributed by atoms with van der Waals surface area (Å²) in [6, 6.07) is 0. The first-order valence-corrected chi connectivity index (χ1v) is 6.53. The van der Waals surface area contributed by atoms with E-state index in [2.05, 4.69) is 17.9 Å². The highest BCUT2D eigenvalue weighted by molar-refractivity contribution is 5.87. The van der Waals surface area contributed by atoms with Crippen molar-refractivity contribution in [3.8, 4) is 0 Å². The zero-order valence-corrected chi connectivity index (χ0v) is 13.7. The zero-order valence-electron chi connectivity index (χ0n) is 13.7. The van der Waals surface area contributed by atoms with Gasteiger partial charge >= 0.3 is 11.9 Å². The third-order valence-corrected chi connectivity index (χ3v) is 1.98. The molecule has 21 heavy (non-hydrogen) atoms. The molecule has 122 valence electrons. The Morgan fingerprint density at radius 2 is 1.33 bits per heavy atom. The van der Waals surface area contributed by atoms with Gasteiger partial charge in [-0.25, -0.2) is 9.59 Å². The van der Waals surface area contributed by atoms with Crippen LogP contribution in [0, 0.1) is 0 Å². The molecule has 0 saturated heterocycles. The summed E-state index contributed by atoms with van der Waals surface area (Å²) >= 11 is 0. The SMILES string of the molecule is C=C(C)C(=O)OC(C)OC.C=C(C)C(=O)OC(C)OCC. The van der Waals surface area contributed by atoms with Gasteiger partial charge in [0, 0.05) is 24.9 Å². The van der Waals surface area contributed by atoms with E-state index in [1.54, 1.807) is 27.7 Å². The highest BCUT2D eigenvalue weighted by atomic mass is 16.7. The van der Waals surface area contributed by atoms with Crippen molar-refractivity contribution in [3.63, 3.8) is 0 Å².